The van der Waals surface area contributed by atoms with Crippen LogP contribution >= 0.6 is 0 Å². The first-order valence-electron chi connectivity index (χ1n) is 16.0. The Morgan fingerprint density at radius 1 is 1.02 bits per heavy atom. The topological polar surface area (TPSA) is 131 Å². The van der Waals surface area contributed by atoms with E-state index >= 15 is 0 Å². The van der Waals surface area contributed by atoms with Crippen molar-refractivity contribution in [1.82, 2.24) is 20.4 Å². The zero-order valence-electron chi connectivity index (χ0n) is 26.3. The summed E-state index contributed by atoms with van der Waals surface area (Å²) >= 11 is 0. The van der Waals surface area contributed by atoms with Crippen LogP contribution in [-0.2, 0) is 16.1 Å². The fourth-order valence-electron chi connectivity index (χ4n) is 6.34. The van der Waals surface area contributed by atoms with E-state index in [9.17, 15) is 19.5 Å². The van der Waals surface area contributed by atoms with Gasteiger partial charge in [0.15, 0.2) is 0 Å². The molecule has 2 fully saturated rings. The molecule has 3 amide bonds. The Kier molecular flexibility index (Phi) is 11.8. The minimum atomic E-state index is -0.891. The summed E-state index contributed by atoms with van der Waals surface area (Å²) < 4.78 is 5.95. The quantitative estimate of drug-likeness (QED) is 0.258. The van der Waals surface area contributed by atoms with Gasteiger partial charge in [-0.1, -0.05) is 52.2 Å². The highest BCUT2D eigenvalue weighted by Crippen LogP contribution is 2.35. The highest BCUT2D eigenvalue weighted by Gasteiger charge is 2.55. The van der Waals surface area contributed by atoms with Crippen LogP contribution in [0.4, 0.5) is 0 Å². The molecule has 0 bridgehead atoms. The molecule has 0 aliphatic carbocycles. The summed E-state index contributed by atoms with van der Waals surface area (Å²) in [4.78, 5) is 43.5. The minimum Gasteiger partial charge on any atom is -0.457 e. The summed E-state index contributed by atoms with van der Waals surface area (Å²) in [5.41, 5.74) is 0.733. The molecular weight excluding hydrogens is 560 g/mol. The number of nitrogens with one attached hydrogen (secondary N) is 2. The number of benzene rings is 2. The molecule has 1 spiro atoms. The first-order chi connectivity index (χ1) is 21.3. The number of carbonyl (C=O) groups is 3. The largest absolute Gasteiger partial charge is 0.457 e. The first kappa shape index (κ1) is 33.4. The third-order valence-electron chi connectivity index (χ3n) is 9.13. The van der Waals surface area contributed by atoms with Crippen molar-refractivity contribution in [2.24, 2.45) is 5.92 Å². The molecule has 2 atom stereocenters. The molecule has 0 radical (unpaired) electrons. The van der Waals surface area contributed by atoms with Crippen molar-refractivity contribution < 1.29 is 29.3 Å². The van der Waals surface area contributed by atoms with Crippen molar-refractivity contribution in [3.05, 3.63) is 59.7 Å². The second-order valence-electron chi connectivity index (χ2n) is 11.9. The summed E-state index contributed by atoms with van der Waals surface area (Å²) in [6, 6.07) is 13.8. The minimum absolute atomic E-state index is 0.0402. The van der Waals surface area contributed by atoms with E-state index < -0.39 is 17.7 Å². The monoisotopic (exact) mass is 608 g/mol. The number of nitrogens with zero attached hydrogens (tertiary/aromatic N) is 2. The number of aliphatic hydroxyl groups is 2. The van der Waals surface area contributed by atoms with Crippen LogP contribution < -0.4 is 15.4 Å². The van der Waals surface area contributed by atoms with Crippen molar-refractivity contribution in [1.29, 1.82) is 0 Å². The Hall–Kier alpha value is -3.47. The molecule has 0 aromatic heterocycles. The zero-order chi connectivity index (χ0) is 31.7. The van der Waals surface area contributed by atoms with Crippen LogP contribution in [0.2, 0.25) is 0 Å². The molecule has 2 saturated heterocycles. The van der Waals surface area contributed by atoms with Gasteiger partial charge in [-0.15, -0.1) is 0 Å². The lowest BCUT2D eigenvalue weighted by Crippen LogP contribution is -2.75. The highest BCUT2D eigenvalue weighted by molar-refractivity contribution is 6.00. The number of likely N-dealkylation sites (tertiary alicyclic amines) is 1. The number of piperidine rings is 1. The Labute approximate surface area is 260 Å². The maximum absolute atomic E-state index is 13.7. The Balaban J connectivity index is 1.35. The van der Waals surface area contributed by atoms with Gasteiger partial charge in [-0.25, -0.2) is 0 Å². The SMILES string of the molecule is CCCCN1C(=O)[C@@H]([C@H](O)C(CC)CC)NC(=O)C12CCN(Cc1ccc(Oc3ccc(C(=O)NCCO)cc3)cc1)CC2. The molecule has 2 aromatic rings. The predicted molar refractivity (Wildman–Crippen MR) is 168 cm³/mol. The second kappa shape index (κ2) is 15.5. The van der Waals surface area contributed by atoms with Crippen molar-refractivity contribution in [2.45, 2.75) is 83.5 Å². The number of ether oxygens (including phenoxy) is 1. The molecule has 44 heavy (non-hydrogen) atoms. The number of amides is 3. The summed E-state index contributed by atoms with van der Waals surface area (Å²) in [6.45, 7) is 8.78. The highest BCUT2D eigenvalue weighted by atomic mass is 16.5. The molecule has 240 valence electrons. The third-order valence-corrected chi connectivity index (χ3v) is 9.13. The lowest BCUT2D eigenvalue weighted by atomic mass is 9.79. The fourth-order valence-corrected chi connectivity index (χ4v) is 6.34. The van der Waals surface area contributed by atoms with Gasteiger partial charge < -0.3 is 30.5 Å². The average molecular weight is 609 g/mol. The van der Waals surface area contributed by atoms with Crippen LogP contribution in [0.15, 0.2) is 48.5 Å². The van der Waals surface area contributed by atoms with E-state index in [1.54, 1.807) is 29.2 Å². The normalized spacial score (nSPS) is 19.2. The van der Waals surface area contributed by atoms with Gasteiger partial charge in [0.05, 0.1) is 12.7 Å². The molecular formula is C34H48N4O6. The molecule has 2 aliphatic rings. The average Bonchev–Trinajstić information content (AvgIpc) is 3.04. The number of rotatable bonds is 14. The summed E-state index contributed by atoms with van der Waals surface area (Å²) in [5, 5.41) is 25.5. The maximum atomic E-state index is 13.7. The van der Waals surface area contributed by atoms with Crippen LogP contribution in [0.1, 0.15) is 75.2 Å². The molecule has 2 heterocycles. The van der Waals surface area contributed by atoms with Gasteiger partial charge in [-0.2, -0.15) is 0 Å². The van der Waals surface area contributed by atoms with Gasteiger partial charge in [-0.05, 0) is 67.1 Å². The van der Waals surface area contributed by atoms with Gasteiger partial charge >= 0.3 is 0 Å². The van der Waals surface area contributed by atoms with Crippen molar-refractivity contribution in [3.63, 3.8) is 0 Å². The van der Waals surface area contributed by atoms with E-state index in [-0.39, 0.29) is 36.8 Å². The number of carbonyl (C=O) groups excluding carboxylic acids is 3. The number of hydrogen-bond acceptors (Lipinski definition) is 7. The van der Waals surface area contributed by atoms with E-state index in [2.05, 4.69) is 22.5 Å². The van der Waals surface area contributed by atoms with Crippen LogP contribution in [0.25, 0.3) is 0 Å². The van der Waals surface area contributed by atoms with Gasteiger partial charge in [0.2, 0.25) is 11.8 Å². The standard InChI is InChI=1S/C34H48N4O6/c1-4-7-19-38-32(42)29(30(40)25(5-2)6-3)36-33(43)34(38)16-20-37(21-17-34)23-24-8-12-27(13-9-24)44-28-14-10-26(11-15-28)31(41)35-18-22-39/h8-15,25,29-30,39-40H,4-7,16-23H2,1-3H3,(H,35,41)(H,36,43)/t29-,30-/m1/s1. The van der Waals surface area contributed by atoms with Crippen LogP contribution in [0.3, 0.4) is 0 Å². The van der Waals surface area contributed by atoms with Gasteiger partial charge in [0.25, 0.3) is 5.91 Å². The molecule has 10 heteroatoms. The van der Waals surface area contributed by atoms with E-state index in [1.165, 1.54) is 0 Å². The molecule has 4 N–H and O–H groups in total. The van der Waals surface area contributed by atoms with Crippen molar-refractivity contribution in [3.8, 4) is 11.5 Å². The number of unbranched alkanes of at least 4 members (excludes halogenated alkanes) is 1. The van der Waals surface area contributed by atoms with E-state index in [0.717, 1.165) is 31.2 Å². The zero-order valence-corrected chi connectivity index (χ0v) is 26.3. The summed E-state index contributed by atoms with van der Waals surface area (Å²) in [5.74, 6) is 0.715. The number of hydrogen-bond donors (Lipinski definition) is 4. The molecule has 0 saturated carbocycles. The Bertz CT molecular complexity index is 1240. The van der Waals surface area contributed by atoms with Crippen LogP contribution in [-0.4, -0.2) is 88.2 Å². The molecule has 2 aliphatic heterocycles. The van der Waals surface area contributed by atoms with Crippen molar-refractivity contribution >= 4 is 17.7 Å². The Morgan fingerprint density at radius 2 is 1.64 bits per heavy atom. The summed E-state index contributed by atoms with van der Waals surface area (Å²) in [7, 11) is 0. The second-order valence-corrected chi connectivity index (χ2v) is 11.9. The first-order valence-corrected chi connectivity index (χ1v) is 16.0. The van der Waals surface area contributed by atoms with E-state index in [0.29, 0.717) is 56.1 Å². The smallest absolute Gasteiger partial charge is 0.251 e. The number of piperazine rings is 1. The van der Waals surface area contributed by atoms with Crippen LogP contribution in [0, 0.1) is 5.92 Å². The molecule has 2 aromatic carbocycles. The van der Waals surface area contributed by atoms with Gasteiger partial charge in [-0.3, -0.25) is 19.3 Å². The van der Waals surface area contributed by atoms with Gasteiger partial charge in [0.1, 0.15) is 23.1 Å². The lowest BCUT2D eigenvalue weighted by molar-refractivity contribution is -0.165. The van der Waals surface area contributed by atoms with Crippen molar-refractivity contribution in [2.75, 3.05) is 32.8 Å². The predicted octanol–water partition coefficient (Wildman–Crippen LogP) is 3.46. The van der Waals surface area contributed by atoms with E-state index in [1.807, 2.05) is 38.1 Å². The number of aliphatic hydroxyl groups excluding tert-OH is 2. The Morgan fingerprint density at radius 3 is 2.20 bits per heavy atom. The summed E-state index contributed by atoms with van der Waals surface area (Å²) in [6.07, 6.45) is 3.45. The van der Waals surface area contributed by atoms with Gasteiger partial charge in [0, 0.05) is 38.3 Å². The molecule has 4 rings (SSSR count). The molecule has 0 unspecified atom stereocenters. The molecule has 10 nitrogen and oxygen atoms in total. The van der Waals surface area contributed by atoms with E-state index in [4.69, 9.17) is 9.84 Å². The maximum Gasteiger partial charge on any atom is 0.251 e. The third kappa shape index (κ3) is 7.60. The fraction of sp³-hybridized carbons (Fsp3) is 0.559. The lowest BCUT2D eigenvalue weighted by Gasteiger charge is -2.52. The van der Waals surface area contributed by atoms with Crippen LogP contribution in [0.5, 0.6) is 11.5 Å².